The molecule has 0 aliphatic carbocycles. The van der Waals surface area contributed by atoms with Crippen molar-refractivity contribution >= 4 is 5.78 Å². The molecular formula is C16H25NO. The Bertz CT molecular complexity index is 404. The number of hydrogen-bond acceptors (Lipinski definition) is 2. The standard InChI is InChI=1S/C16H25NO/c1-12-6-5-7-13(8-12)9-15(18)10-14(17)11-16(2,3)4/h5-8,14H,9-11,17H2,1-4H3. The zero-order valence-corrected chi connectivity index (χ0v) is 12.0. The average Bonchev–Trinajstić information content (AvgIpc) is 2.13. The normalized spacial score (nSPS) is 13.4. The van der Waals surface area contributed by atoms with Crippen molar-refractivity contribution in [1.29, 1.82) is 0 Å². The molecule has 0 saturated carbocycles. The van der Waals surface area contributed by atoms with Gasteiger partial charge in [0.1, 0.15) is 5.78 Å². The first kappa shape index (κ1) is 14.9. The lowest BCUT2D eigenvalue weighted by molar-refractivity contribution is -0.118. The van der Waals surface area contributed by atoms with E-state index in [0.29, 0.717) is 12.8 Å². The fourth-order valence-electron chi connectivity index (χ4n) is 2.27. The molecule has 0 heterocycles. The van der Waals surface area contributed by atoms with Crippen LogP contribution < -0.4 is 5.73 Å². The maximum absolute atomic E-state index is 11.9. The Morgan fingerprint density at radius 3 is 2.56 bits per heavy atom. The average molecular weight is 247 g/mol. The van der Waals surface area contributed by atoms with Crippen molar-refractivity contribution in [2.45, 2.75) is 53.0 Å². The molecule has 1 unspecified atom stereocenters. The summed E-state index contributed by atoms with van der Waals surface area (Å²) in [7, 11) is 0. The molecule has 18 heavy (non-hydrogen) atoms. The number of nitrogens with two attached hydrogens (primary N) is 1. The van der Waals surface area contributed by atoms with E-state index in [1.807, 2.05) is 25.1 Å². The molecule has 1 rings (SSSR count). The molecule has 1 aromatic rings. The first-order chi connectivity index (χ1) is 8.26. The molecule has 0 spiro atoms. The van der Waals surface area contributed by atoms with E-state index < -0.39 is 0 Å². The summed E-state index contributed by atoms with van der Waals surface area (Å²) in [5, 5.41) is 0. The summed E-state index contributed by atoms with van der Waals surface area (Å²) in [4.78, 5) is 11.9. The highest BCUT2D eigenvalue weighted by Gasteiger charge is 2.18. The number of aryl methyl sites for hydroxylation is 1. The molecule has 2 heteroatoms. The lowest BCUT2D eigenvalue weighted by atomic mass is 9.86. The summed E-state index contributed by atoms with van der Waals surface area (Å²) >= 11 is 0. The van der Waals surface area contributed by atoms with Gasteiger partial charge in [0.05, 0.1) is 0 Å². The zero-order chi connectivity index (χ0) is 13.8. The van der Waals surface area contributed by atoms with Crippen molar-refractivity contribution in [3.05, 3.63) is 35.4 Å². The first-order valence-corrected chi connectivity index (χ1v) is 6.59. The van der Waals surface area contributed by atoms with Crippen LogP contribution in [0.25, 0.3) is 0 Å². The van der Waals surface area contributed by atoms with Gasteiger partial charge in [-0.2, -0.15) is 0 Å². The van der Waals surface area contributed by atoms with Gasteiger partial charge in [0.2, 0.25) is 0 Å². The van der Waals surface area contributed by atoms with Crippen LogP contribution in [0.3, 0.4) is 0 Å². The summed E-state index contributed by atoms with van der Waals surface area (Å²) in [5.74, 6) is 0.234. The van der Waals surface area contributed by atoms with Crippen LogP contribution >= 0.6 is 0 Å². The van der Waals surface area contributed by atoms with Crippen LogP contribution in [0, 0.1) is 12.3 Å². The third-order valence-corrected chi connectivity index (χ3v) is 2.85. The molecule has 1 aromatic carbocycles. The van der Waals surface area contributed by atoms with E-state index in [1.54, 1.807) is 0 Å². The smallest absolute Gasteiger partial charge is 0.138 e. The van der Waals surface area contributed by atoms with Gasteiger partial charge in [0.25, 0.3) is 0 Å². The van der Waals surface area contributed by atoms with E-state index in [4.69, 9.17) is 5.73 Å². The predicted molar refractivity (Wildman–Crippen MR) is 76.6 cm³/mol. The lowest BCUT2D eigenvalue weighted by Crippen LogP contribution is -2.29. The van der Waals surface area contributed by atoms with Crippen LogP contribution in [0.1, 0.15) is 44.7 Å². The second kappa shape index (κ2) is 6.14. The van der Waals surface area contributed by atoms with E-state index in [2.05, 4.69) is 26.8 Å². The molecule has 0 amide bonds. The molecule has 2 N–H and O–H groups in total. The van der Waals surface area contributed by atoms with Crippen molar-refractivity contribution in [2.75, 3.05) is 0 Å². The fourth-order valence-corrected chi connectivity index (χ4v) is 2.27. The number of hydrogen-bond donors (Lipinski definition) is 1. The summed E-state index contributed by atoms with van der Waals surface area (Å²) in [6.07, 6.45) is 1.86. The van der Waals surface area contributed by atoms with E-state index in [1.165, 1.54) is 5.56 Å². The summed E-state index contributed by atoms with van der Waals surface area (Å²) in [5.41, 5.74) is 8.49. The van der Waals surface area contributed by atoms with Gasteiger partial charge in [-0.15, -0.1) is 0 Å². The third kappa shape index (κ3) is 5.97. The molecule has 100 valence electrons. The highest BCUT2D eigenvalue weighted by Crippen LogP contribution is 2.21. The number of benzene rings is 1. The molecule has 0 aliphatic heterocycles. The van der Waals surface area contributed by atoms with Crippen LogP contribution in [-0.2, 0) is 11.2 Å². The Hall–Kier alpha value is -1.15. The van der Waals surface area contributed by atoms with Crippen LogP contribution in [-0.4, -0.2) is 11.8 Å². The zero-order valence-electron chi connectivity index (χ0n) is 12.0. The van der Waals surface area contributed by atoms with Crippen molar-refractivity contribution < 1.29 is 4.79 Å². The Kier molecular flexibility index (Phi) is 5.09. The quantitative estimate of drug-likeness (QED) is 0.868. The molecule has 2 nitrogen and oxygen atoms in total. The van der Waals surface area contributed by atoms with Gasteiger partial charge in [0.15, 0.2) is 0 Å². The largest absolute Gasteiger partial charge is 0.327 e. The number of carbonyl (C=O) groups is 1. The highest BCUT2D eigenvalue weighted by molar-refractivity contribution is 5.81. The molecule has 0 aromatic heterocycles. The van der Waals surface area contributed by atoms with Gasteiger partial charge in [-0.3, -0.25) is 4.79 Å². The minimum Gasteiger partial charge on any atom is -0.327 e. The van der Waals surface area contributed by atoms with Gasteiger partial charge in [-0.25, -0.2) is 0 Å². The Morgan fingerprint density at radius 2 is 2.00 bits per heavy atom. The van der Waals surface area contributed by atoms with Crippen LogP contribution in [0.4, 0.5) is 0 Å². The molecule has 0 radical (unpaired) electrons. The fraction of sp³-hybridized carbons (Fsp3) is 0.562. The van der Waals surface area contributed by atoms with Crippen LogP contribution in [0.2, 0.25) is 0 Å². The Balaban J connectivity index is 2.47. The Morgan fingerprint density at radius 1 is 1.33 bits per heavy atom. The number of Topliss-reactive ketones (excluding diaryl/α,β-unsaturated/α-hetero) is 1. The van der Waals surface area contributed by atoms with Gasteiger partial charge in [0, 0.05) is 18.9 Å². The van der Waals surface area contributed by atoms with E-state index in [9.17, 15) is 4.79 Å². The summed E-state index contributed by atoms with van der Waals surface area (Å²) in [6, 6.07) is 8.07. The number of ketones is 1. The van der Waals surface area contributed by atoms with Crippen LogP contribution in [0.5, 0.6) is 0 Å². The van der Waals surface area contributed by atoms with Gasteiger partial charge < -0.3 is 5.73 Å². The van der Waals surface area contributed by atoms with Crippen molar-refractivity contribution in [2.24, 2.45) is 11.1 Å². The number of rotatable bonds is 5. The highest BCUT2D eigenvalue weighted by atomic mass is 16.1. The van der Waals surface area contributed by atoms with Crippen molar-refractivity contribution in [1.82, 2.24) is 0 Å². The minimum absolute atomic E-state index is 0.0256. The maximum Gasteiger partial charge on any atom is 0.138 e. The second-order valence-corrected chi connectivity index (χ2v) is 6.43. The minimum atomic E-state index is -0.0256. The summed E-state index contributed by atoms with van der Waals surface area (Å²) < 4.78 is 0. The molecule has 0 aliphatic rings. The topological polar surface area (TPSA) is 43.1 Å². The van der Waals surface area contributed by atoms with E-state index in [-0.39, 0.29) is 17.2 Å². The molecule has 0 saturated heterocycles. The predicted octanol–water partition coefficient (Wildman–Crippen LogP) is 3.26. The third-order valence-electron chi connectivity index (χ3n) is 2.85. The van der Waals surface area contributed by atoms with Crippen LogP contribution in [0.15, 0.2) is 24.3 Å². The van der Waals surface area contributed by atoms with Gasteiger partial charge in [-0.05, 0) is 24.3 Å². The molecule has 0 bridgehead atoms. The SMILES string of the molecule is Cc1cccc(CC(=O)CC(N)CC(C)(C)C)c1. The second-order valence-electron chi connectivity index (χ2n) is 6.43. The molecule has 0 fully saturated rings. The number of carbonyl (C=O) groups excluding carboxylic acids is 1. The van der Waals surface area contributed by atoms with Crippen molar-refractivity contribution in [3.8, 4) is 0 Å². The first-order valence-electron chi connectivity index (χ1n) is 6.59. The molecular weight excluding hydrogens is 222 g/mol. The van der Waals surface area contributed by atoms with Crippen molar-refractivity contribution in [3.63, 3.8) is 0 Å². The monoisotopic (exact) mass is 247 g/mol. The lowest BCUT2D eigenvalue weighted by Gasteiger charge is -2.22. The van der Waals surface area contributed by atoms with Gasteiger partial charge in [-0.1, -0.05) is 50.6 Å². The Labute approximate surface area is 111 Å². The summed E-state index contributed by atoms with van der Waals surface area (Å²) in [6.45, 7) is 8.49. The van der Waals surface area contributed by atoms with Gasteiger partial charge >= 0.3 is 0 Å². The molecule has 1 atom stereocenters. The maximum atomic E-state index is 11.9. The van der Waals surface area contributed by atoms with E-state index >= 15 is 0 Å². The van der Waals surface area contributed by atoms with E-state index in [0.717, 1.165) is 12.0 Å².